The van der Waals surface area contributed by atoms with E-state index in [2.05, 4.69) is 22.2 Å². The number of rotatable bonds is 5. The molecular formula is C28H32N6O3. The molecule has 0 fully saturated rings. The largest absolute Gasteiger partial charge is 0.493 e. The number of nitrogens with one attached hydrogen (secondary N) is 1. The zero-order valence-electron chi connectivity index (χ0n) is 21.9. The van der Waals surface area contributed by atoms with Crippen LogP contribution in [0.15, 0.2) is 41.6 Å². The van der Waals surface area contributed by atoms with E-state index < -0.39 is 5.60 Å². The topological polar surface area (TPSA) is 103 Å². The number of nitrogens with zero attached hydrogens (tertiary/aromatic N) is 5. The Kier molecular flexibility index (Phi) is 5.31. The number of aromatic amines is 1. The molecule has 4 aromatic heterocycles. The lowest BCUT2D eigenvalue weighted by atomic mass is 9.95. The van der Waals surface area contributed by atoms with E-state index in [0.29, 0.717) is 12.2 Å². The number of benzene rings is 1. The van der Waals surface area contributed by atoms with Crippen LogP contribution < -0.4 is 10.4 Å². The van der Waals surface area contributed by atoms with Gasteiger partial charge in [0.2, 0.25) is 0 Å². The lowest BCUT2D eigenvalue weighted by Gasteiger charge is -2.18. The van der Waals surface area contributed by atoms with E-state index in [4.69, 9.17) is 9.72 Å². The van der Waals surface area contributed by atoms with Crippen molar-refractivity contribution < 1.29 is 9.84 Å². The van der Waals surface area contributed by atoms with Gasteiger partial charge in [-0.1, -0.05) is 6.07 Å². The Hall–Kier alpha value is -3.85. The quantitative estimate of drug-likeness (QED) is 0.372. The van der Waals surface area contributed by atoms with E-state index in [9.17, 15) is 9.90 Å². The van der Waals surface area contributed by atoms with Crippen LogP contribution in [-0.2, 0) is 20.0 Å². The molecule has 1 aromatic carbocycles. The summed E-state index contributed by atoms with van der Waals surface area (Å²) in [5.74, 6) is 0.927. The Morgan fingerprint density at radius 1 is 1.22 bits per heavy atom. The molecule has 5 heterocycles. The fraction of sp³-hybridized carbons (Fsp3) is 0.393. The van der Waals surface area contributed by atoms with Gasteiger partial charge in [0.05, 0.1) is 53.3 Å². The van der Waals surface area contributed by atoms with Crippen LogP contribution in [0.5, 0.6) is 5.75 Å². The first-order valence-electron chi connectivity index (χ1n) is 12.8. The smallest absolute Gasteiger partial charge is 0.329 e. The van der Waals surface area contributed by atoms with Crippen molar-refractivity contribution in [3.05, 3.63) is 52.8 Å². The van der Waals surface area contributed by atoms with Crippen LogP contribution >= 0.6 is 0 Å². The second-order valence-corrected chi connectivity index (χ2v) is 10.9. The highest BCUT2D eigenvalue weighted by Gasteiger charge is 2.25. The van der Waals surface area contributed by atoms with Crippen LogP contribution in [0, 0.1) is 0 Å². The Labute approximate surface area is 214 Å². The molecule has 0 aliphatic carbocycles. The van der Waals surface area contributed by atoms with E-state index in [1.807, 2.05) is 30.7 Å². The number of fused-ring (bicyclic) bond motifs is 4. The van der Waals surface area contributed by atoms with Crippen LogP contribution in [0.25, 0.3) is 44.5 Å². The third-order valence-corrected chi connectivity index (χ3v) is 7.06. The first kappa shape index (κ1) is 23.5. The number of H-pyrrole nitrogens is 1. The standard InChI is InChI=1S/C28H32N6O3/c1-16(2)34-25-20(32(5)27(34)35)13-29-26-23(25)22(18-8-9-21-17(11-18)7-6-10-37-21)24(31-26)19-12-30-33(14-19)15-28(3,4)36/h8-9,11-14,16,36H,6-7,10,15H2,1-5H3,(H,29,31). The summed E-state index contributed by atoms with van der Waals surface area (Å²) < 4.78 is 11.1. The molecule has 2 N–H and O–H groups in total. The van der Waals surface area contributed by atoms with Gasteiger partial charge in [0, 0.05) is 30.4 Å². The molecule has 0 unspecified atom stereocenters. The van der Waals surface area contributed by atoms with Gasteiger partial charge in [-0.15, -0.1) is 0 Å². The van der Waals surface area contributed by atoms with Gasteiger partial charge in [-0.05, 0) is 63.8 Å². The summed E-state index contributed by atoms with van der Waals surface area (Å²) >= 11 is 0. The van der Waals surface area contributed by atoms with Gasteiger partial charge in [-0.3, -0.25) is 13.8 Å². The summed E-state index contributed by atoms with van der Waals surface area (Å²) in [5.41, 5.74) is 6.35. The molecule has 0 amide bonds. The van der Waals surface area contributed by atoms with Gasteiger partial charge in [0.1, 0.15) is 11.4 Å². The van der Waals surface area contributed by atoms with Crippen molar-refractivity contribution in [3.63, 3.8) is 0 Å². The van der Waals surface area contributed by atoms with E-state index in [-0.39, 0.29) is 11.7 Å². The average molecular weight is 501 g/mol. The number of pyridine rings is 1. The minimum Gasteiger partial charge on any atom is -0.493 e. The maximum atomic E-state index is 13.3. The van der Waals surface area contributed by atoms with Crippen molar-refractivity contribution in [2.75, 3.05) is 6.61 Å². The van der Waals surface area contributed by atoms with Gasteiger partial charge in [0.25, 0.3) is 0 Å². The van der Waals surface area contributed by atoms with E-state index in [1.54, 1.807) is 42.5 Å². The monoisotopic (exact) mass is 500 g/mol. The average Bonchev–Trinajstić information content (AvgIpc) is 3.52. The summed E-state index contributed by atoms with van der Waals surface area (Å²) in [6, 6.07) is 6.29. The SMILES string of the molecule is CC(C)n1c(=O)n(C)c2cnc3[nH]c(-c4cnn(CC(C)(C)O)c4)c(-c4ccc5c(c4)CCCO5)c3c21. The predicted octanol–water partition coefficient (Wildman–Crippen LogP) is 4.42. The zero-order chi connectivity index (χ0) is 26.1. The maximum Gasteiger partial charge on any atom is 0.329 e. The first-order chi connectivity index (χ1) is 17.6. The van der Waals surface area contributed by atoms with Crippen molar-refractivity contribution in [1.82, 2.24) is 28.9 Å². The Morgan fingerprint density at radius 2 is 2.03 bits per heavy atom. The molecular weight excluding hydrogens is 468 g/mol. The summed E-state index contributed by atoms with van der Waals surface area (Å²) in [6.07, 6.45) is 7.45. The minimum atomic E-state index is -0.893. The Bertz CT molecular complexity index is 1710. The van der Waals surface area contributed by atoms with Crippen molar-refractivity contribution in [2.45, 2.75) is 58.7 Å². The summed E-state index contributed by atoms with van der Waals surface area (Å²) in [4.78, 5) is 21.5. The molecule has 0 bridgehead atoms. The zero-order valence-corrected chi connectivity index (χ0v) is 21.9. The molecule has 192 valence electrons. The Morgan fingerprint density at radius 3 is 2.78 bits per heavy atom. The van der Waals surface area contributed by atoms with Crippen LogP contribution in [0.3, 0.4) is 0 Å². The molecule has 0 radical (unpaired) electrons. The predicted molar refractivity (Wildman–Crippen MR) is 144 cm³/mol. The molecule has 1 aliphatic heterocycles. The van der Waals surface area contributed by atoms with Gasteiger partial charge < -0.3 is 14.8 Å². The highest BCUT2D eigenvalue weighted by Crippen LogP contribution is 2.42. The lowest BCUT2D eigenvalue weighted by Crippen LogP contribution is -2.26. The number of ether oxygens (including phenoxy) is 1. The molecule has 9 heteroatoms. The molecule has 0 saturated carbocycles. The maximum absolute atomic E-state index is 13.3. The number of hydrogen-bond acceptors (Lipinski definition) is 5. The number of aromatic nitrogens is 6. The normalized spacial score (nSPS) is 14.0. The number of imidazole rings is 1. The molecule has 1 aliphatic rings. The van der Waals surface area contributed by atoms with E-state index >= 15 is 0 Å². The highest BCUT2D eigenvalue weighted by atomic mass is 16.5. The van der Waals surface area contributed by atoms with Gasteiger partial charge >= 0.3 is 5.69 Å². The Balaban J connectivity index is 1.69. The molecule has 9 nitrogen and oxygen atoms in total. The molecule has 0 saturated heterocycles. The van der Waals surface area contributed by atoms with Crippen LogP contribution in [0.2, 0.25) is 0 Å². The molecule has 6 rings (SSSR count). The first-order valence-corrected chi connectivity index (χ1v) is 12.8. The fourth-order valence-electron chi connectivity index (χ4n) is 5.45. The van der Waals surface area contributed by atoms with Crippen molar-refractivity contribution in [1.29, 1.82) is 0 Å². The highest BCUT2D eigenvalue weighted by molar-refractivity contribution is 6.14. The molecule has 0 atom stereocenters. The number of aryl methyl sites for hydroxylation is 2. The van der Waals surface area contributed by atoms with Crippen molar-refractivity contribution >= 4 is 22.1 Å². The van der Waals surface area contributed by atoms with E-state index in [0.717, 1.165) is 64.0 Å². The molecule has 5 aromatic rings. The number of hydrogen-bond donors (Lipinski definition) is 2. The van der Waals surface area contributed by atoms with Gasteiger partial charge in [-0.25, -0.2) is 9.78 Å². The third kappa shape index (κ3) is 3.85. The van der Waals surface area contributed by atoms with Gasteiger partial charge in [-0.2, -0.15) is 5.10 Å². The summed E-state index contributed by atoms with van der Waals surface area (Å²) in [6.45, 7) is 8.68. The van der Waals surface area contributed by atoms with Gasteiger partial charge in [0.15, 0.2) is 0 Å². The lowest BCUT2D eigenvalue weighted by molar-refractivity contribution is 0.0577. The van der Waals surface area contributed by atoms with Crippen molar-refractivity contribution in [3.8, 4) is 28.1 Å². The van der Waals surface area contributed by atoms with Crippen LogP contribution in [0.4, 0.5) is 0 Å². The second kappa shape index (κ2) is 8.34. The summed E-state index contributed by atoms with van der Waals surface area (Å²) in [5, 5.41) is 15.7. The van der Waals surface area contributed by atoms with E-state index in [1.165, 1.54) is 5.56 Å². The third-order valence-electron chi connectivity index (χ3n) is 7.06. The van der Waals surface area contributed by atoms with Crippen LogP contribution in [0.1, 0.15) is 45.7 Å². The fourth-order valence-corrected chi connectivity index (χ4v) is 5.45. The van der Waals surface area contributed by atoms with Crippen molar-refractivity contribution in [2.24, 2.45) is 7.05 Å². The minimum absolute atomic E-state index is 0.0283. The molecule has 0 spiro atoms. The summed E-state index contributed by atoms with van der Waals surface area (Å²) in [7, 11) is 1.79. The second-order valence-electron chi connectivity index (χ2n) is 10.9. The number of aliphatic hydroxyl groups is 1. The molecule has 37 heavy (non-hydrogen) atoms. The van der Waals surface area contributed by atoms with Crippen LogP contribution in [-0.4, -0.2) is 46.2 Å².